The van der Waals surface area contributed by atoms with Crippen LogP contribution >= 0.6 is 0 Å². The van der Waals surface area contributed by atoms with Crippen LogP contribution in [0.3, 0.4) is 0 Å². The number of nitrogens with one attached hydrogen (secondary N) is 2. The van der Waals surface area contributed by atoms with Crippen molar-refractivity contribution in [3.05, 3.63) is 60.2 Å². The minimum Gasteiger partial charge on any atom is -0.381 e. The van der Waals surface area contributed by atoms with E-state index in [0.717, 1.165) is 25.7 Å². The lowest BCUT2D eigenvalue weighted by Gasteiger charge is -2.30. The van der Waals surface area contributed by atoms with E-state index in [0.29, 0.717) is 32.5 Å². The average molecular weight is 407 g/mol. The number of carbonyl (C=O) groups is 2. The predicted molar refractivity (Wildman–Crippen MR) is 117 cm³/mol. The highest BCUT2D eigenvalue weighted by Gasteiger charge is 2.38. The van der Waals surface area contributed by atoms with Gasteiger partial charge in [-0.25, -0.2) is 0 Å². The molecule has 5 nitrogen and oxygen atoms in total. The summed E-state index contributed by atoms with van der Waals surface area (Å²) in [5.41, 5.74) is 3.22. The molecule has 0 aliphatic carbocycles. The largest absolute Gasteiger partial charge is 0.381 e. The van der Waals surface area contributed by atoms with Crippen LogP contribution in [0.15, 0.2) is 54.6 Å². The van der Waals surface area contributed by atoms with Crippen molar-refractivity contribution >= 4 is 11.8 Å². The highest BCUT2D eigenvalue weighted by Crippen LogP contribution is 2.30. The summed E-state index contributed by atoms with van der Waals surface area (Å²) in [4.78, 5) is 24.5. The van der Waals surface area contributed by atoms with E-state index in [2.05, 4.69) is 47.0 Å². The number of hydrogen-bond acceptors (Lipinski definition) is 3. The second kappa shape index (κ2) is 9.43. The lowest BCUT2D eigenvalue weighted by Crippen LogP contribution is -2.45. The van der Waals surface area contributed by atoms with Gasteiger partial charge in [-0.3, -0.25) is 9.59 Å². The van der Waals surface area contributed by atoms with Gasteiger partial charge < -0.3 is 15.4 Å². The third kappa shape index (κ3) is 5.28. The molecule has 2 aromatic rings. The van der Waals surface area contributed by atoms with Crippen molar-refractivity contribution in [2.45, 2.75) is 56.5 Å². The summed E-state index contributed by atoms with van der Waals surface area (Å²) in [6, 6.07) is 19.0. The molecule has 2 saturated heterocycles. The Labute approximate surface area is 178 Å². The Morgan fingerprint density at radius 2 is 1.73 bits per heavy atom. The Morgan fingerprint density at radius 3 is 2.40 bits per heavy atom. The minimum absolute atomic E-state index is 0.0712. The monoisotopic (exact) mass is 406 g/mol. The Morgan fingerprint density at radius 1 is 1.03 bits per heavy atom. The maximum atomic E-state index is 12.5. The van der Waals surface area contributed by atoms with E-state index in [9.17, 15) is 9.59 Å². The molecule has 2 aliphatic heterocycles. The molecule has 2 fully saturated rings. The molecule has 2 amide bonds. The van der Waals surface area contributed by atoms with Gasteiger partial charge in [0.25, 0.3) is 0 Å². The zero-order valence-electron chi connectivity index (χ0n) is 17.4. The normalized spacial score (nSPS) is 21.9. The van der Waals surface area contributed by atoms with Crippen LogP contribution in [0.4, 0.5) is 0 Å². The molecule has 0 unspecified atom stereocenters. The summed E-state index contributed by atoms with van der Waals surface area (Å²) < 4.78 is 5.35. The standard InChI is InChI=1S/C25H30N2O3/c28-23(26-22-12-16-30-17-13-22)10-14-25(15-11-24(29)27-25)18-19-6-8-21(9-7-19)20-4-2-1-3-5-20/h1-9,22H,10-18H2,(H,26,28)(H,27,29)/t25-/m1/s1. The first kappa shape index (κ1) is 20.6. The number of carbonyl (C=O) groups excluding carboxylic acids is 2. The summed E-state index contributed by atoms with van der Waals surface area (Å²) >= 11 is 0. The molecule has 0 bridgehead atoms. The maximum absolute atomic E-state index is 12.5. The number of amides is 2. The first-order chi connectivity index (χ1) is 14.6. The predicted octanol–water partition coefficient (Wildman–Crippen LogP) is 3.62. The molecule has 2 aliphatic rings. The van der Waals surface area contributed by atoms with Crippen molar-refractivity contribution in [1.82, 2.24) is 10.6 Å². The van der Waals surface area contributed by atoms with Gasteiger partial charge >= 0.3 is 0 Å². The van der Waals surface area contributed by atoms with Gasteiger partial charge in [0.05, 0.1) is 0 Å². The van der Waals surface area contributed by atoms with Crippen LogP contribution in [0.5, 0.6) is 0 Å². The van der Waals surface area contributed by atoms with E-state index in [1.807, 2.05) is 18.2 Å². The summed E-state index contributed by atoms with van der Waals surface area (Å²) in [6.45, 7) is 1.42. The van der Waals surface area contributed by atoms with Crippen LogP contribution in [0.1, 0.15) is 44.1 Å². The minimum atomic E-state index is -0.335. The van der Waals surface area contributed by atoms with Gasteiger partial charge in [0.15, 0.2) is 0 Å². The molecule has 0 saturated carbocycles. The van der Waals surface area contributed by atoms with Gasteiger partial charge in [0.2, 0.25) is 11.8 Å². The van der Waals surface area contributed by atoms with E-state index in [1.54, 1.807) is 0 Å². The quantitative estimate of drug-likeness (QED) is 0.738. The molecule has 2 aromatic carbocycles. The maximum Gasteiger partial charge on any atom is 0.220 e. The number of hydrogen-bond donors (Lipinski definition) is 2. The van der Waals surface area contributed by atoms with Crippen LogP contribution in [0.25, 0.3) is 11.1 Å². The van der Waals surface area contributed by atoms with E-state index in [-0.39, 0.29) is 23.4 Å². The molecule has 0 aromatic heterocycles. The lowest BCUT2D eigenvalue weighted by atomic mass is 9.84. The fourth-order valence-electron chi connectivity index (χ4n) is 4.51. The van der Waals surface area contributed by atoms with Gasteiger partial charge in [-0.2, -0.15) is 0 Å². The fraction of sp³-hybridized carbons (Fsp3) is 0.440. The molecular weight excluding hydrogens is 376 g/mol. The Bertz CT molecular complexity index is 860. The number of benzene rings is 2. The number of rotatable bonds is 7. The van der Waals surface area contributed by atoms with Crippen molar-refractivity contribution in [3.63, 3.8) is 0 Å². The van der Waals surface area contributed by atoms with E-state index in [1.165, 1.54) is 16.7 Å². The summed E-state index contributed by atoms with van der Waals surface area (Å²) in [5.74, 6) is 0.155. The Balaban J connectivity index is 1.38. The van der Waals surface area contributed by atoms with Crippen LogP contribution in [-0.4, -0.2) is 36.6 Å². The molecule has 5 heteroatoms. The summed E-state index contributed by atoms with van der Waals surface area (Å²) in [5, 5.41) is 6.31. The molecule has 0 radical (unpaired) electrons. The zero-order valence-corrected chi connectivity index (χ0v) is 17.4. The van der Waals surface area contributed by atoms with Crippen LogP contribution in [-0.2, 0) is 20.7 Å². The van der Waals surface area contributed by atoms with Gasteiger partial charge in [-0.1, -0.05) is 54.6 Å². The number of ether oxygens (including phenoxy) is 1. The van der Waals surface area contributed by atoms with Crippen LogP contribution in [0, 0.1) is 0 Å². The lowest BCUT2D eigenvalue weighted by molar-refractivity contribution is -0.123. The smallest absolute Gasteiger partial charge is 0.220 e. The van der Waals surface area contributed by atoms with Crippen molar-refractivity contribution in [2.24, 2.45) is 0 Å². The first-order valence-corrected chi connectivity index (χ1v) is 10.9. The SMILES string of the molecule is O=C(CC[C@]1(Cc2ccc(-c3ccccc3)cc2)CCC(=O)N1)NC1CCOCC1. The highest BCUT2D eigenvalue weighted by atomic mass is 16.5. The molecule has 2 heterocycles. The molecule has 158 valence electrons. The van der Waals surface area contributed by atoms with Crippen molar-refractivity contribution in [2.75, 3.05) is 13.2 Å². The topological polar surface area (TPSA) is 67.4 Å². The van der Waals surface area contributed by atoms with Crippen LogP contribution < -0.4 is 10.6 Å². The van der Waals surface area contributed by atoms with Gasteiger partial charge in [-0.05, 0) is 48.8 Å². The van der Waals surface area contributed by atoms with Gasteiger partial charge in [-0.15, -0.1) is 0 Å². The second-order valence-corrected chi connectivity index (χ2v) is 8.52. The second-order valence-electron chi connectivity index (χ2n) is 8.52. The van der Waals surface area contributed by atoms with Crippen molar-refractivity contribution in [1.29, 1.82) is 0 Å². The van der Waals surface area contributed by atoms with E-state index < -0.39 is 0 Å². The van der Waals surface area contributed by atoms with Crippen LogP contribution in [0.2, 0.25) is 0 Å². The Kier molecular flexibility index (Phi) is 6.48. The van der Waals surface area contributed by atoms with Gasteiger partial charge in [0.1, 0.15) is 0 Å². The zero-order chi connectivity index (χ0) is 20.8. The van der Waals surface area contributed by atoms with E-state index >= 15 is 0 Å². The molecular formula is C25H30N2O3. The fourth-order valence-corrected chi connectivity index (χ4v) is 4.51. The Hall–Kier alpha value is -2.66. The third-order valence-corrected chi connectivity index (χ3v) is 6.26. The van der Waals surface area contributed by atoms with Crippen molar-refractivity contribution < 1.29 is 14.3 Å². The highest BCUT2D eigenvalue weighted by molar-refractivity contribution is 5.80. The third-order valence-electron chi connectivity index (χ3n) is 6.26. The molecule has 1 atom stereocenters. The van der Waals surface area contributed by atoms with Gasteiger partial charge in [0, 0.05) is 37.6 Å². The average Bonchev–Trinajstić information content (AvgIpc) is 3.15. The molecule has 30 heavy (non-hydrogen) atoms. The van der Waals surface area contributed by atoms with Crippen molar-refractivity contribution in [3.8, 4) is 11.1 Å². The summed E-state index contributed by atoms with van der Waals surface area (Å²) in [7, 11) is 0. The molecule has 0 spiro atoms. The molecule has 2 N–H and O–H groups in total. The molecule has 4 rings (SSSR count). The first-order valence-electron chi connectivity index (χ1n) is 10.9. The summed E-state index contributed by atoms with van der Waals surface area (Å²) in [6.07, 6.45) is 4.90. The van der Waals surface area contributed by atoms with E-state index in [4.69, 9.17) is 4.74 Å².